The van der Waals surface area contributed by atoms with Crippen molar-refractivity contribution in [2.75, 3.05) is 0 Å². The van der Waals surface area contributed by atoms with Crippen LogP contribution < -0.4 is 0 Å². The number of carbonyl (C=O) groups excluding carboxylic acids is 3. The number of ketones is 1. The van der Waals surface area contributed by atoms with Crippen molar-refractivity contribution in [3.05, 3.63) is 88.7 Å². The highest BCUT2D eigenvalue weighted by atomic mass is 16.7. The van der Waals surface area contributed by atoms with E-state index in [9.17, 15) is 14.4 Å². The Morgan fingerprint density at radius 1 is 0.929 bits per heavy atom. The number of carbonyl (C=O) groups is 3. The Morgan fingerprint density at radius 3 is 2.31 bits per heavy atom. The van der Waals surface area contributed by atoms with Crippen LogP contribution in [0, 0.1) is 17.3 Å². The third-order valence-corrected chi connectivity index (χ3v) is 11.2. The summed E-state index contributed by atoms with van der Waals surface area (Å²) in [5.41, 5.74) is -0.867. The molecule has 42 heavy (non-hydrogen) atoms. The second-order valence-electron chi connectivity index (χ2n) is 13.2. The zero-order valence-corrected chi connectivity index (χ0v) is 23.5. The minimum Gasteiger partial charge on any atom is -0.419 e. The fourth-order valence-corrected chi connectivity index (χ4v) is 9.08. The van der Waals surface area contributed by atoms with Crippen molar-refractivity contribution < 1.29 is 38.1 Å². The minimum absolute atomic E-state index is 0.0180. The van der Waals surface area contributed by atoms with Crippen molar-refractivity contribution >= 4 is 23.5 Å². The minimum atomic E-state index is -1.02. The SMILES string of the molecule is CC(C)[C@]12O[C@H]1[C@@H]1O[C@@]13[C@@]1(C)CCC4=C(/C(=C(\OC(=O)c5ccccc5)c5ccccc5)OC4=O)[C@@H]1C[C@@H]1O[C@@]13C2=O. The van der Waals surface area contributed by atoms with E-state index in [1.165, 1.54) is 0 Å². The molecule has 214 valence electrons. The summed E-state index contributed by atoms with van der Waals surface area (Å²) < 4.78 is 31.3. The van der Waals surface area contributed by atoms with Gasteiger partial charge in [0.15, 0.2) is 22.7 Å². The number of epoxide rings is 3. The van der Waals surface area contributed by atoms with Crippen molar-refractivity contribution in [2.45, 2.75) is 75.1 Å². The van der Waals surface area contributed by atoms with Crippen LogP contribution in [-0.4, -0.2) is 52.8 Å². The van der Waals surface area contributed by atoms with Crippen LogP contribution in [0.25, 0.3) is 5.76 Å². The summed E-state index contributed by atoms with van der Waals surface area (Å²) in [6, 6.07) is 18.0. The number of allylic oxidation sites excluding steroid dienone is 1. The average Bonchev–Trinajstić information content (AvgIpc) is 3.91. The van der Waals surface area contributed by atoms with Crippen molar-refractivity contribution in [1.82, 2.24) is 0 Å². The maximum atomic E-state index is 14.2. The Labute approximate surface area is 242 Å². The lowest BCUT2D eigenvalue weighted by Gasteiger charge is -2.51. The fourth-order valence-electron chi connectivity index (χ4n) is 9.08. The van der Waals surface area contributed by atoms with Crippen LogP contribution in [0.5, 0.6) is 0 Å². The molecule has 8 atom stereocenters. The highest BCUT2D eigenvalue weighted by Crippen LogP contribution is 2.82. The second kappa shape index (κ2) is 7.67. The Hall–Kier alpha value is -3.59. The van der Waals surface area contributed by atoms with Crippen molar-refractivity contribution in [2.24, 2.45) is 17.3 Å². The monoisotopic (exact) mass is 566 g/mol. The molecule has 0 radical (unpaired) electrons. The number of fused-ring (bicyclic) bond motifs is 4. The standard InChI is InChI=1S/C34H30O8/c1-17(2)32-26(41-32)27-34(42-27)31(3)15-14-20-23(21(31)16-22-33(34,40-22)30(32)37)25(39-29(20)36)24(18-10-6-4-7-11-18)38-28(35)19-12-8-5-9-13-19/h4-13,17,21-22,26-27H,14-16H2,1-3H3/b25-24+/t21-,22-,26-,27-,31-,32-,33+,34+/m0/s1. The topological polar surface area (TPSA) is 107 Å². The lowest BCUT2D eigenvalue weighted by Crippen LogP contribution is -2.67. The highest BCUT2D eigenvalue weighted by molar-refractivity contribution is 6.05. The molecule has 4 aliphatic heterocycles. The first-order valence-corrected chi connectivity index (χ1v) is 14.8. The summed E-state index contributed by atoms with van der Waals surface area (Å²) in [5, 5.41) is 0. The fraction of sp³-hybridized carbons (Fsp3) is 0.441. The number of rotatable bonds is 4. The van der Waals surface area contributed by atoms with E-state index in [2.05, 4.69) is 6.92 Å². The first-order valence-electron chi connectivity index (χ1n) is 14.8. The van der Waals surface area contributed by atoms with E-state index >= 15 is 0 Å². The Bertz CT molecular complexity index is 1680. The largest absolute Gasteiger partial charge is 0.419 e. The summed E-state index contributed by atoms with van der Waals surface area (Å²) in [6.45, 7) is 6.21. The Morgan fingerprint density at radius 2 is 1.62 bits per heavy atom. The van der Waals surface area contributed by atoms with Gasteiger partial charge in [0.2, 0.25) is 5.78 Å². The summed E-state index contributed by atoms with van der Waals surface area (Å²) >= 11 is 0. The van der Waals surface area contributed by atoms with E-state index in [0.717, 1.165) is 5.57 Å². The van der Waals surface area contributed by atoms with E-state index in [-0.39, 0.29) is 47.4 Å². The van der Waals surface area contributed by atoms with E-state index in [0.29, 0.717) is 36.0 Å². The molecule has 0 bridgehead atoms. The molecule has 2 aromatic carbocycles. The number of esters is 2. The van der Waals surface area contributed by atoms with E-state index < -0.39 is 34.2 Å². The van der Waals surface area contributed by atoms with Gasteiger partial charge < -0.3 is 23.7 Å². The molecule has 4 heterocycles. The van der Waals surface area contributed by atoms with Gasteiger partial charge in [-0.2, -0.15) is 0 Å². The van der Waals surface area contributed by atoms with Crippen LogP contribution in [0.15, 0.2) is 77.6 Å². The Kier molecular flexibility index (Phi) is 4.56. The molecule has 7 aliphatic rings. The molecular weight excluding hydrogens is 536 g/mol. The smallest absolute Gasteiger partial charge is 0.343 e. The van der Waals surface area contributed by atoms with Crippen LogP contribution >= 0.6 is 0 Å². The summed E-state index contributed by atoms with van der Waals surface area (Å²) in [4.78, 5) is 40.9. The van der Waals surface area contributed by atoms with E-state index in [1.807, 2.05) is 50.2 Å². The first-order chi connectivity index (χ1) is 20.2. The molecule has 9 rings (SSSR count). The maximum Gasteiger partial charge on any atom is 0.343 e. The second-order valence-corrected chi connectivity index (χ2v) is 13.2. The summed E-state index contributed by atoms with van der Waals surface area (Å²) in [7, 11) is 0. The zero-order valence-electron chi connectivity index (χ0n) is 23.5. The highest BCUT2D eigenvalue weighted by Gasteiger charge is 3.01. The van der Waals surface area contributed by atoms with Crippen molar-refractivity contribution in [3.8, 4) is 0 Å². The zero-order chi connectivity index (χ0) is 28.8. The predicted octanol–water partition coefficient (Wildman–Crippen LogP) is 4.54. The van der Waals surface area contributed by atoms with Crippen LogP contribution in [0.2, 0.25) is 0 Å². The molecule has 2 spiro atoms. The molecule has 0 amide bonds. The molecule has 8 heteroatoms. The molecule has 0 N–H and O–H groups in total. The molecule has 2 saturated carbocycles. The van der Waals surface area contributed by atoms with Crippen molar-refractivity contribution in [1.29, 1.82) is 0 Å². The number of hydrogen-bond acceptors (Lipinski definition) is 8. The van der Waals surface area contributed by atoms with Gasteiger partial charge in [0, 0.05) is 22.1 Å². The normalized spacial score (nSPS) is 42.8. The van der Waals surface area contributed by atoms with Gasteiger partial charge in [-0.1, -0.05) is 69.3 Å². The molecule has 3 aliphatic carbocycles. The van der Waals surface area contributed by atoms with Gasteiger partial charge in [0.05, 0.1) is 11.7 Å². The average molecular weight is 567 g/mol. The maximum absolute atomic E-state index is 14.2. The number of ether oxygens (including phenoxy) is 5. The van der Waals surface area contributed by atoms with Crippen LogP contribution in [0.3, 0.4) is 0 Å². The van der Waals surface area contributed by atoms with Gasteiger partial charge in [-0.05, 0) is 43.2 Å². The number of hydrogen-bond donors (Lipinski definition) is 0. The molecule has 2 aromatic rings. The summed E-state index contributed by atoms with van der Waals surface area (Å²) in [6.07, 6.45) is 0.776. The van der Waals surface area contributed by atoms with Crippen molar-refractivity contribution in [3.63, 3.8) is 0 Å². The molecule has 3 saturated heterocycles. The molecule has 0 unspecified atom stereocenters. The third-order valence-electron chi connectivity index (χ3n) is 11.2. The molecule has 5 fully saturated rings. The van der Waals surface area contributed by atoms with Crippen LogP contribution in [0.4, 0.5) is 0 Å². The van der Waals surface area contributed by atoms with Gasteiger partial charge in [-0.3, -0.25) is 4.79 Å². The van der Waals surface area contributed by atoms with E-state index in [4.69, 9.17) is 23.7 Å². The molecule has 8 nitrogen and oxygen atoms in total. The quantitative estimate of drug-likeness (QED) is 0.302. The van der Waals surface area contributed by atoms with Gasteiger partial charge in [0.25, 0.3) is 0 Å². The number of Topliss-reactive ketones (excluding diaryl/α,β-unsaturated/α-hetero) is 1. The van der Waals surface area contributed by atoms with Gasteiger partial charge >= 0.3 is 11.9 Å². The lowest BCUT2D eigenvalue weighted by atomic mass is 9.47. The van der Waals surface area contributed by atoms with E-state index in [1.54, 1.807) is 24.3 Å². The Balaban J connectivity index is 1.18. The number of cyclic esters (lactones) is 1. The van der Waals surface area contributed by atoms with Gasteiger partial charge in [0.1, 0.15) is 17.8 Å². The first kappa shape index (κ1) is 25.0. The van der Waals surface area contributed by atoms with Gasteiger partial charge in [-0.25, -0.2) is 9.59 Å². The predicted molar refractivity (Wildman–Crippen MR) is 146 cm³/mol. The van der Waals surface area contributed by atoms with Crippen LogP contribution in [-0.2, 0) is 33.3 Å². The van der Waals surface area contributed by atoms with Crippen LogP contribution in [0.1, 0.15) is 56.0 Å². The molecular formula is C34H30O8. The number of benzene rings is 2. The third kappa shape index (κ3) is 2.64. The lowest BCUT2D eigenvalue weighted by molar-refractivity contribution is -0.139. The molecule has 0 aromatic heterocycles. The summed E-state index contributed by atoms with van der Waals surface area (Å²) in [5.74, 6) is -0.665. The van der Waals surface area contributed by atoms with Gasteiger partial charge in [-0.15, -0.1) is 0 Å².